The van der Waals surface area contributed by atoms with Crippen LogP contribution in [0.2, 0.25) is 0 Å². The summed E-state index contributed by atoms with van der Waals surface area (Å²) in [5.74, 6) is -1.04. The predicted octanol–water partition coefficient (Wildman–Crippen LogP) is 4.58. The molecule has 0 aliphatic heterocycles. The van der Waals surface area contributed by atoms with Crippen molar-refractivity contribution in [3.8, 4) is 0 Å². The van der Waals surface area contributed by atoms with Crippen LogP contribution in [0.25, 0.3) is 0 Å². The quantitative estimate of drug-likeness (QED) is 0.758. The van der Waals surface area contributed by atoms with Crippen LogP contribution in [-0.2, 0) is 0 Å². The molecule has 2 aromatic carbocycles. The van der Waals surface area contributed by atoms with Gasteiger partial charge in [0.2, 0.25) is 0 Å². The molecule has 1 unspecified atom stereocenters. The highest BCUT2D eigenvalue weighted by molar-refractivity contribution is 14.1. The van der Waals surface area contributed by atoms with E-state index in [1.54, 1.807) is 0 Å². The molecule has 2 aromatic rings. The van der Waals surface area contributed by atoms with Gasteiger partial charge in [0, 0.05) is 9.13 Å². The summed E-state index contributed by atoms with van der Waals surface area (Å²) in [6, 6.07) is 9.32. The summed E-state index contributed by atoms with van der Waals surface area (Å²) in [5.41, 5.74) is 2.08. The van der Waals surface area contributed by atoms with Crippen molar-refractivity contribution in [2.24, 2.45) is 0 Å². The van der Waals surface area contributed by atoms with Crippen LogP contribution >= 0.6 is 22.6 Å². The molecule has 0 aromatic heterocycles. The second-order valence-electron chi connectivity index (χ2n) is 4.60. The molecule has 0 radical (unpaired) electrons. The maximum Gasteiger partial charge on any atom is 0.131 e. The first-order valence-electron chi connectivity index (χ1n) is 6.48. The Hall–Kier alpha value is -1.01. The summed E-state index contributed by atoms with van der Waals surface area (Å²) in [7, 11) is 0. The highest BCUT2D eigenvalue weighted by atomic mass is 127. The van der Waals surface area contributed by atoms with E-state index in [2.05, 4.69) is 27.9 Å². The summed E-state index contributed by atoms with van der Waals surface area (Å²) in [6.07, 6.45) is 0. The highest BCUT2D eigenvalue weighted by Crippen LogP contribution is 2.31. The zero-order valence-electron chi connectivity index (χ0n) is 11.4. The average Bonchev–Trinajstić information content (AvgIpc) is 2.41. The smallest absolute Gasteiger partial charge is 0.131 e. The summed E-state index contributed by atoms with van der Waals surface area (Å²) in [4.78, 5) is 0. The van der Waals surface area contributed by atoms with Crippen molar-refractivity contribution < 1.29 is 8.78 Å². The third kappa shape index (κ3) is 3.01. The van der Waals surface area contributed by atoms with Crippen LogP contribution in [0.3, 0.4) is 0 Å². The van der Waals surface area contributed by atoms with Crippen LogP contribution in [0.5, 0.6) is 0 Å². The van der Waals surface area contributed by atoms with E-state index in [-0.39, 0.29) is 5.56 Å². The Bertz CT molecular complexity index is 593. The van der Waals surface area contributed by atoms with Gasteiger partial charge >= 0.3 is 0 Å². The number of hydrogen-bond donors (Lipinski definition) is 1. The van der Waals surface area contributed by atoms with Gasteiger partial charge in [-0.15, -0.1) is 0 Å². The minimum atomic E-state index is -0.520. The average molecular weight is 387 g/mol. The lowest BCUT2D eigenvalue weighted by molar-refractivity contribution is 0.509. The molecule has 1 atom stereocenters. The number of nitrogens with one attached hydrogen (secondary N) is 1. The minimum absolute atomic E-state index is 0.0814. The molecule has 0 aliphatic rings. The fourth-order valence-corrected chi connectivity index (χ4v) is 2.92. The van der Waals surface area contributed by atoms with Gasteiger partial charge in [0.05, 0.1) is 6.04 Å². The SMILES string of the molecule is CCNC(c1cccc(C)c1I)c1c(F)cccc1F. The molecule has 106 valence electrons. The van der Waals surface area contributed by atoms with Crippen LogP contribution in [0.1, 0.15) is 29.7 Å². The van der Waals surface area contributed by atoms with Crippen molar-refractivity contribution >= 4 is 22.6 Å². The van der Waals surface area contributed by atoms with E-state index in [1.165, 1.54) is 18.2 Å². The van der Waals surface area contributed by atoms with Gasteiger partial charge in [0.1, 0.15) is 11.6 Å². The van der Waals surface area contributed by atoms with E-state index in [1.807, 2.05) is 32.0 Å². The number of aryl methyl sites for hydroxylation is 1. The zero-order chi connectivity index (χ0) is 14.7. The van der Waals surface area contributed by atoms with E-state index in [9.17, 15) is 8.78 Å². The first kappa shape index (κ1) is 15.4. The first-order chi connectivity index (χ1) is 9.56. The number of halogens is 3. The van der Waals surface area contributed by atoms with Gasteiger partial charge in [0.15, 0.2) is 0 Å². The molecule has 20 heavy (non-hydrogen) atoms. The van der Waals surface area contributed by atoms with Crippen molar-refractivity contribution in [2.75, 3.05) is 6.54 Å². The molecule has 1 nitrogen and oxygen atoms in total. The van der Waals surface area contributed by atoms with Gasteiger partial charge in [-0.2, -0.15) is 0 Å². The third-order valence-electron chi connectivity index (χ3n) is 3.23. The number of rotatable bonds is 4. The van der Waals surface area contributed by atoms with Gasteiger partial charge in [-0.1, -0.05) is 31.2 Å². The fourth-order valence-electron chi connectivity index (χ4n) is 2.25. The van der Waals surface area contributed by atoms with Crippen LogP contribution in [0.4, 0.5) is 8.78 Å². The van der Waals surface area contributed by atoms with Gasteiger partial charge in [-0.05, 0) is 59.3 Å². The van der Waals surface area contributed by atoms with Crippen LogP contribution < -0.4 is 5.32 Å². The van der Waals surface area contributed by atoms with Crippen LogP contribution in [-0.4, -0.2) is 6.54 Å². The molecule has 0 fully saturated rings. The van der Waals surface area contributed by atoms with Gasteiger partial charge in [-0.3, -0.25) is 0 Å². The zero-order valence-corrected chi connectivity index (χ0v) is 13.5. The Kier molecular flexibility index (Phi) is 5.10. The summed E-state index contributed by atoms with van der Waals surface area (Å²) < 4.78 is 29.1. The van der Waals surface area contributed by atoms with Crippen molar-refractivity contribution in [1.29, 1.82) is 0 Å². The van der Waals surface area contributed by atoms with Gasteiger partial charge in [-0.25, -0.2) is 8.78 Å². The maximum atomic E-state index is 14.1. The molecule has 2 rings (SSSR count). The standard InChI is InChI=1S/C16H16F2IN/c1-3-20-16(11-7-4-6-10(2)15(11)19)14-12(17)8-5-9-13(14)18/h4-9,16,20H,3H2,1-2H3. The molecule has 0 saturated heterocycles. The molecule has 0 spiro atoms. The lowest BCUT2D eigenvalue weighted by Crippen LogP contribution is -2.25. The Morgan fingerprint density at radius 2 is 1.70 bits per heavy atom. The largest absolute Gasteiger partial charge is 0.306 e. The lowest BCUT2D eigenvalue weighted by Gasteiger charge is -2.22. The molecular weight excluding hydrogens is 371 g/mol. The number of benzene rings is 2. The van der Waals surface area contributed by atoms with Gasteiger partial charge in [0.25, 0.3) is 0 Å². The minimum Gasteiger partial charge on any atom is -0.306 e. The first-order valence-corrected chi connectivity index (χ1v) is 7.56. The summed E-state index contributed by atoms with van der Waals surface area (Å²) >= 11 is 2.23. The molecule has 0 aliphatic carbocycles. The second kappa shape index (κ2) is 6.63. The molecule has 0 saturated carbocycles. The normalized spacial score (nSPS) is 12.4. The van der Waals surface area contributed by atoms with Gasteiger partial charge < -0.3 is 5.32 Å². The predicted molar refractivity (Wildman–Crippen MR) is 85.8 cm³/mol. The molecule has 0 bridgehead atoms. The monoisotopic (exact) mass is 387 g/mol. The molecule has 0 heterocycles. The van der Waals surface area contributed by atoms with E-state index in [0.29, 0.717) is 6.54 Å². The highest BCUT2D eigenvalue weighted by Gasteiger charge is 2.23. The van der Waals surface area contributed by atoms with E-state index >= 15 is 0 Å². The van der Waals surface area contributed by atoms with Crippen molar-refractivity contribution in [2.45, 2.75) is 19.9 Å². The molecule has 1 N–H and O–H groups in total. The molecular formula is C16H16F2IN. The third-order valence-corrected chi connectivity index (χ3v) is 4.70. The van der Waals surface area contributed by atoms with E-state index in [4.69, 9.17) is 0 Å². The van der Waals surface area contributed by atoms with Crippen molar-refractivity contribution in [3.05, 3.63) is 68.3 Å². The van der Waals surface area contributed by atoms with Crippen molar-refractivity contribution in [1.82, 2.24) is 5.32 Å². The van der Waals surface area contributed by atoms with Crippen LogP contribution in [0.15, 0.2) is 36.4 Å². The van der Waals surface area contributed by atoms with E-state index < -0.39 is 17.7 Å². The summed E-state index contributed by atoms with van der Waals surface area (Å²) in [5, 5.41) is 3.18. The van der Waals surface area contributed by atoms with E-state index in [0.717, 1.165) is 14.7 Å². The Balaban J connectivity index is 2.60. The fraction of sp³-hybridized carbons (Fsp3) is 0.250. The molecule has 0 amide bonds. The Morgan fingerprint density at radius 1 is 1.10 bits per heavy atom. The number of hydrogen-bond acceptors (Lipinski definition) is 1. The van der Waals surface area contributed by atoms with Crippen molar-refractivity contribution in [3.63, 3.8) is 0 Å². The summed E-state index contributed by atoms with van der Waals surface area (Å²) in [6.45, 7) is 4.54. The molecule has 4 heteroatoms. The Labute approximate surface area is 131 Å². The maximum absolute atomic E-state index is 14.1. The topological polar surface area (TPSA) is 12.0 Å². The lowest BCUT2D eigenvalue weighted by atomic mass is 9.96. The Morgan fingerprint density at radius 3 is 2.30 bits per heavy atom. The van der Waals surface area contributed by atoms with Crippen LogP contribution in [0, 0.1) is 22.1 Å². The second-order valence-corrected chi connectivity index (χ2v) is 5.68.